The second kappa shape index (κ2) is 2.50. The van der Waals surface area contributed by atoms with Crippen molar-refractivity contribution in [2.75, 3.05) is 13.1 Å². The average Bonchev–Trinajstić information content (AvgIpc) is 2.55. The smallest absolute Gasteiger partial charge is 0.392 e. The number of hydrogen-bond acceptors (Lipinski definition) is 4. The minimum absolute atomic E-state index is 0.272. The highest BCUT2D eigenvalue weighted by Crippen LogP contribution is 2.17. The molecule has 1 aliphatic rings. The van der Waals surface area contributed by atoms with Gasteiger partial charge in [0.1, 0.15) is 0 Å². The van der Waals surface area contributed by atoms with Crippen LogP contribution in [0.5, 0.6) is 0 Å². The Bertz CT molecular complexity index is 284. The van der Waals surface area contributed by atoms with Gasteiger partial charge in [0, 0.05) is 6.54 Å². The van der Waals surface area contributed by atoms with Crippen LogP contribution in [0.15, 0.2) is 9.21 Å². The van der Waals surface area contributed by atoms with Crippen molar-refractivity contribution in [3.05, 3.63) is 16.4 Å². The highest BCUT2D eigenvalue weighted by Gasteiger charge is 2.21. The molecule has 2 N–H and O–H groups in total. The van der Waals surface area contributed by atoms with Crippen molar-refractivity contribution >= 4 is 0 Å². The van der Waals surface area contributed by atoms with Crippen LogP contribution in [-0.4, -0.2) is 23.3 Å². The second-order valence-electron chi connectivity index (χ2n) is 2.64. The number of hydrogen-bond donors (Lipinski definition) is 2. The maximum atomic E-state index is 10.5. The molecule has 5 heteroatoms. The minimum Gasteiger partial charge on any atom is -0.392 e. The van der Waals surface area contributed by atoms with E-state index in [0.29, 0.717) is 5.89 Å². The average molecular weight is 155 g/mol. The Balaban J connectivity index is 2.21. The van der Waals surface area contributed by atoms with Crippen LogP contribution in [0.1, 0.15) is 18.2 Å². The van der Waals surface area contributed by atoms with Gasteiger partial charge in [0.2, 0.25) is 5.89 Å². The molecule has 1 aromatic rings. The van der Waals surface area contributed by atoms with Crippen molar-refractivity contribution < 1.29 is 4.42 Å². The molecule has 60 valence electrons. The van der Waals surface area contributed by atoms with E-state index in [9.17, 15) is 4.79 Å². The molecular weight excluding hydrogens is 146 g/mol. The first-order chi connectivity index (χ1) is 5.36. The number of H-pyrrole nitrogens is 1. The van der Waals surface area contributed by atoms with Crippen LogP contribution in [0.2, 0.25) is 0 Å². The fourth-order valence-electron chi connectivity index (χ4n) is 1.28. The van der Waals surface area contributed by atoms with Gasteiger partial charge in [-0.2, -0.15) is 0 Å². The highest BCUT2D eigenvalue weighted by atomic mass is 16.4. The zero-order chi connectivity index (χ0) is 7.68. The van der Waals surface area contributed by atoms with Gasteiger partial charge in [-0.15, -0.1) is 5.10 Å². The predicted molar refractivity (Wildman–Crippen MR) is 37.4 cm³/mol. The van der Waals surface area contributed by atoms with E-state index in [1.807, 2.05) is 0 Å². The zero-order valence-electron chi connectivity index (χ0n) is 5.96. The quantitative estimate of drug-likeness (QED) is 0.570. The summed E-state index contributed by atoms with van der Waals surface area (Å²) in [5.74, 6) is 0.334. The molecule has 1 aliphatic heterocycles. The Morgan fingerprint density at radius 2 is 2.55 bits per heavy atom. The maximum Gasteiger partial charge on any atom is 0.434 e. The normalized spacial score (nSPS) is 24.2. The van der Waals surface area contributed by atoms with Gasteiger partial charge in [-0.3, -0.25) is 0 Å². The van der Waals surface area contributed by atoms with E-state index in [1.54, 1.807) is 0 Å². The molecular formula is C6H9N3O2. The summed E-state index contributed by atoms with van der Waals surface area (Å²) in [7, 11) is 0. The van der Waals surface area contributed by atoms with E-state index in [1.165, 1.54) is 0 Å². The molecule has 0 saturated carbocycles. The summed E-state index contributed by atoms with van der Waals surface area (Å²) < 4.78 is 4.81. The van der Waals surface area contributed by atoms with Crippen molar-refractivity contribution in [1.29, 1.82) is 0 Å². The van der Waals surface area contributed by atoms with Crippen molar-refractivity contribution in [2.24, 2.45) is 0 Å². The summed E-state index contributed by atoms with van der Waals surface area (Å²) in [6, 6.07) is 0. The molecule has 0 amide bonds. The SMILES string of the molecule is O=c1[nH]nc([C@H]2CCNC2)o1. The second-order valence-corrected chi connectivity index (χ2v) is 2.64. The van der Waals surface area contributed by atoms with E-state index in [4.69, 9.17) is 4.42 Å². The lowest BCUT2D eigenvalue weighted by Gasteiger charge is -1.97. The molecule has 1 saturated heterocycles. The van der Waals surface area contributed by atoms with Gasteiger partial charge in [-0.25, -0.2) is 9.89 Å². The Morgan fingerprint density at radius 3 is 3.09 bits per heavy atom. The third kappa shape index (κ3) is 1.19. The van der Waals surface area contributed by atoms with Crippen LogP contribution in [0.4, 0.5) is 0 Å². The third-order valence-electron chi connectivity index (χ3n) is 1.86. The first kappa shape index (κ1) is 6.60. The molecule has 5 nitrogen and oxygen atoms in total. The van der Waals surface area contributed by atoms with Gasteiger partial charge in [0.25, 0.3) is 0 Å². The molecule has 1 fully saturated rings. The fourth-order valence-corrected chi connectivity index (χ4v) is 1.28. The Morgan fingerprint density at radius 1 is 1.64 bits per heavy atom. The largest absolute Gasteiger partial charge is 0.434 e. The van der Waals surface area contributed by atoms with Crippen LogP contribution in [0.3, 0.4) is 0 Å². The molecule has 0 unspecified atom stereocenters. The van der Waals surface area contributed by atoms with E-state index in [-0.39, 0.29) is 5.92 Å². The topological polar surface area (TPSA) is 70.9 Å². The maximum absolute atomic E-state index is 10.5. The molecule has 1 atom stereocenters. The number of aromatic amines is 1. The summed E-state index contributed by atoms with van der Waals surface area (Å²) in [6.45, 7) is 1.83. The highest BCUT2D eigenvalue weighted by molar-refractivity contribution is 4.93. The van der Waals surface area contributed by atoms with Gasteiger partial charge >= 0.3 is 5.76 Å². The molecule has 0 aliphatic carbocycles. The van der Waals surface area contributed by atoms with E-state index >= 15 is 0 Å². The molecule has 0 radical (unpaired) electrons. The molecule has 0 spiro atoms. The Kier molecular flexibility index (Phi) is 1.50. The van der Waals surface area contributed by atoms with Crippen LogP contribution < -0.4 is 11.1 Å². The van der Waals surface area contributed by atoms with E-state index in [0.717, 1.165) is 19.5 Å². The molecule has 2 heterocycles. The summed E-state index contributed by atoms with van der Waals surface area (Å²) >= 11 is 0. The van der Waals surface area contributed by atoms with Gasteiger partial charge < -0.3 is 9.73 Å². The lowest BCUT2D eigenvalue weighted by molar-refractivity contribution is 0.432. The molecule has 11 heavy (non-hydrogen) atoms. The summed E-state index contributed by atoms with van der Waals surface area (Å²) in [5.41, 5.74) is 0. The van der Waals surface area contributed by atoms with Crippen molar-refractivity contribution in [2.45, 2.75) is 12.3 Å². The fraction of sp³-hybridized carbons (Fsp3) is 0.667. The molecule has 1 aromatic heterocycles. The Hall–Kier alpha value is -1.10. The van der Waals surface area contributed by atoms with Crippen LogP contribution in [-0.2, 0) is 0 Å². The van der Waals surface area contributed by atoms with Crippen molar-refractivity contribution in [3.8, 4) is 0 Å². The molecule has 0 bridgehead atoms. The van der Waals surface area contributed by atoms with E-state index in [2.05, 4.69) is 15.5 Å². The number of nitrogens with zero attached hydrogens (tertiary/aromatic N) is 1. The number of rotatable bonds is 1. The Labute approximate surface area is 62.8 Å². The van der Waals surface area contributed by atoms with Gasteiger partial charge in [0.05, 0.1) is 5.92 Å². The van der Waals surface area contributed by atoms with Crippen molar-refractivity contribution in [1.82, 2.24) is 15.5 Å². The first-order valence-electron chi connectivity index (χ1n) is 3.62. The predicted octanol–water partition coefficient (Wildman–Crippen LogP) is -0.560. The van der Waals surface area contributed by atoms with Gasteiger partial charge in [0.15, 0.2) is 0 Å². The summed E-state index contributed by atoms with van der Waals surface area (Å²) in [4.78, 5) is 10.5. The van der Waals surface area contributed by atoms with Gasteiger partial charge in [-0.1, -0.05) is 0 Å². The van der Waals surface area contributed by atoms with Crippen LogP contribution in [0.25, 0.3) is 0 Å². The van der Waals surface area contributed by atoms with Crippen molar-refractivity contribution in [3.63, 3.8) is 0 Å². The number of aromatic nitrogens is 2. The lowest BCUT2D eigenvalue weighted by Crippen LogP contribution is -2.08. The summed E-state index contributed by atoms with van der Waals surface area (Å²) in [6.07, 6.45) is 0.994. The number of nitrogens with one attached hydrogen (secondary N) is 2. The summed E-state index contributed by atoms with van der Waals surface area (Å²) in [5, 5.41) is 9.16. The van der Waals surface area contributed by atoms with Crippen LogP contribution in [0, 0.1) is 0 Å². The minimum atomic E-state index is -0.466. The lowest BCUT2D eigenvalue weighted by atomic mass is 10.1. The standard InChI is InChI=1S/C6H9N3O2/c10-6-9-8-5(11-6)4-1-2-7-3-4/h4,7H,1-3H2,(H,9,10)/t4-/m0/s1. The molecule has 2 rings (SSSR count). The van der Waals surface area contributed by atoms with E-state index < -0.39 is 5.76 Å². The molecule has 0 aromatic carbocycles. The monoisotopic (exact) mass is 155 g/mol. The third-order valence-corrected chi connectivity index (χ3v) is 1.86. The van der Waals surface area contributed by atoms with Crippen LogP contribution >= 0.6 is 0 Å². The first-order valence-corrected chi connectivity index (χ1v) is 3.62. The zero-order valence-corrected chi connectivity index (χ0v) is 5.96. The van der Waals surface area contributed by atoms with Gasteiger partial charge in [-0.05, 0) is 13.0 Å².